The minimum absolute atomic E-state index is 0.379. The topological polar surface area (TPSA) is 74.6 Å². The third kappa shape index (κ3) is 0.842. The molecule has 5 heteroatoms. The average molecular weight is 188 g/mol. The molecule has 0 amide bonds. The number of hydrogen-bond donors (Lipinski definition) is 2. The van der Waals surface area contributed by atoms with Gasteiger partial charge in [0, 0.05) is 11.8 Å². The summed E-state index contributed by atoms with van der Waals surface area (Å²) in [5, 5.41) is 17.2. The van der Waals surface area contributed by atoms with Crippen LogP contribution in [0.15, 0.2) is 0 Å². The van der Waals surface area contributed by atoms with E-state index in [2.05, 4.69) is 0 Å². The van der Waals surface area contributed by atoms with Crippen LogP contribution in [-0.4, -0.2) is 27.8 Å². The Bertz CT molecular complexity index is 290. The van der Waals surface area contributed by atoms with Crippen molar-refractivity contribution in [3.8, 4) is 0 Å². The number of aliphatic carboxylic acids is 2. The maximum absolute atomic E-state index is 13.5. The smallest absolute Gasteiger partial charge is 0.342 e. The largest absolute Gasteiger partial charge is 0.481 e. The van der Waals surface area contributed by atoms with Gasteiger partial charge in [-0.2, -0.15) is 0 Å². The van der Waals surface area contributed by atoms with Crippen LogP contribution in [0, 0.1) is 17.8 Å². The van der Waals surface area contributed by atoms with Crippen molar-refractivity contribution in [3.63, 3.8) is 0 Å². The lowest BCUT2D eigenvalue weighted by molar-refractivity contribution is -0.148. The standard InChI is InChI=1S/C8H9FO4/c9-8(7(12)13)4-2-1-3(5(4)8)6(10)11/h3-5H,1-2H2,(H,10,11)(H,12,13). The van der Waals surface area contributed by atoms with Gasteiger partial charge in [-0.1, -0.05) is 0 Å². The molecule has 2 rings (SSSR count). The molecule has 0 aromatic rings. The summed E-state index contributed by atoms with van der Waals surface area (Å²) in [6.45, 7) is 0. The molecule has 4 nitrogen and oxygen atoms in total. The van der Waals surface area contributed by atoms with Crippen molar-refractivity contribution in [1.29, 1.82) is 0 Å². The van der Waals surface area contributed by atoms with E-state index >= 15 is 0 Å². The lowest BCUT2D eigenvalue weighted by Crippen LogP contribution is -2.27. The van der Waals surface area contributed by atoms with Crippen LogP contribution in [0.5, 0.6) is 0 Å². The van der Waals surface area contributed by atoms with Crippen molar-refractivity contribution in [2.75, 3.05) is 0 Å². The first kappa shape index (κ1) is 8.47. The van der Waals surface area contributed by atoms with E-state index in [1.807, 2.05) is 0 Å². The molecule has 0 saturated heterocycles. The second-order valence-electron chi connectivity index (χ2n) is 3.73. The molecule has 2 N–H and O–H groups in total. The van der Waals surface area contributed by atoms with Crippen molar-refractivity contribution in [2.45, 2.75) is 18.5 Å². The SMILES string of the molecule is O=C(O)C1CCC2C1C2(F)C(=O)O. The molecule has 0 aliphatic heterocycles. The summed E-state index contributed by atoms with van der Waals surface area (Å²) in [5.74, 6) is -4.73. The first-order chi connectivity index (χ1) is 5.99. The Kier molecular flexibility index (Phi) is 1.44. The average Bonchev–Trinajstić information content (AvgIpc) is 2.44. The Balaban J connectivity index is 2.19. The van der Waals surface area contributed by atoms with Crippen molar-refractivity contribution in [1.82, 2.24) is 0 Å². The zero-order valence-electron chi connectivity index (χ0n) is 6.74. The highest BCUT2D eigenvalue weighted by Gasteiger charge is 2.77. The molecule has 2 saturated carbocycles. The summed E-state index contributed by atoms with van der Waals surface area (Å²) >= 11 is 0. The van der Waals surface area contributed by atoms with Gasteiger partial charge in [0.2, 0.25) is 5.67 Å². The zero-order valence-corrected chi connectivity index (χ0v) is 6.74. The van der Waals surface area contributed by atoms with Gasteiger partial charge < -0.3 is 10.2 Å². The molecular weight excluding hydrogens is 179 g/mol. The van der Waals surface area contributed by atoms with Gasteiger partial charge >= 0.3 is 11.9 Å². The third-order valence-electron chi connectivity index (χ3n) is 3.22. The van der Waals surface area contributed by atoms with Crippen LogP contribution in [0.2, 0.25) is 0 Å². The fourth-order valence-corrected chi connectivity index (χ4v) is 2.53. The molecule has 0 bridgehead atoms. The van der Waals surface area contributed by atoms with Crippen LogP contribution in [0.4, 0.5) is 4.39 Å². The van der Waals surface area contributed by atoms with Crippen molar-refractivity contribution < 1.29 is 24.2 Å². The molecule has 13 heavy (non-hydrogen) atoms. The highest BCUT2D eigenvalue weighted by Crippen LogP contribution is 2.65. The van der Waals surface area contributed by atoms with E-state index in [9.17, 15) is 14.0 Å². The van der Waals surface area contributed by atoms with Gasteiger partial charge in [-0.25, -0.2) is 9.18 Å². The monoisotopic (exact) mass is 188 g/mol. The van der Waals surface area contributed by atoms with Crippen LogP contribution in [0.3, 0.4) is 0 Å². The number of rotatable bonds is 2. The summed E-state index contributed by atoms with van der Waals surface area (Å²) in [7, 11) is 0. The van der Waals surface area contributed by atoms with Crippen LogP contribution < -0.4 is 0 Å². The summed E-state index contributed by atoms with van der Waals surface area (Å²) in [6, 6.07) is 0. The molecule has 2 fully saturated rings. The van der Waals surface area contributed by atoms with Gasteiger partial charge in [-0.3, -0.25) is 4.79 Å². The number of carboxylic acid groups (broad SMARTS) is 2. The molecule has 72 valence electrons. The first-order valence-corrected chi connectivity index (χ1v) is 4.14. The Morgan fingerprint density at radius 2 is 1.92 bits per heavy atom. The van der Waals surface area contributed by atoms with Crippen LogP contribution >= 0.6 is 0 Å². The van der Waals surface area contributed by atoms with Gasteiger partial charge in [0.25, 0.3) is 0 Å². The molecule has 0 aromatic carbocycles. The van der Waals surface area contributed by atoms with Gasteiger partial charge in [0.15, 0.2) is 0 Å². The summed E-state index contributed by atoms with van der Waals surface area (Å²) < 4.78 is 13.5. The molecule has 4 atom stereocenters. The van der Waals surface area contributed by atoms with Gasteiger partial charge in [0.05, 0.1) is 5.92 Å². The highest BCUT2D eigenvalue weighted by atomic mass is 19.1. The predicted octanol–water partition coefficient (Wildman–Crippen LogP) is 0.520. The number of alkyl halides is 1. The zero-order chi connectivity index (χ0) is 9.80. The van der Waals surface area contributed by atoms with Gasteiger partial charge in [0.1, 0.15) is 0 Å². The normalized spacial score (nSPS) is 47.0. The Morgan fingerprint density at radius 1 is 1.31 bits per heavy atom. The number of halogens is 1. The summed E-state index contributed by atoms with van der Waals surface area (Å²) in [5.41, 5.74) is -2.25. The van der Waals surface area contributed by atoms with Crippen LogP contribution in [0.25, 0.3) is 0 Å². The van der Waals surface area contributed by atoms with Crippen LogP contribution in [-0.2, 0) is 9.59 Å². The molecular formula is C8H9FO4. The molecule has 0 aromatic heterocycles. The maximum Gasteiger partial charge on any atom is 0.342 e. The Hall–Kier alpha value is -1.13. The quantitative estimate of drug-likeness (QED) is 0.662. The van der Waals surface area contributed by atoms with Gasteiger partial charge in [-0.15, -0.1) is 0 Å². The second-order valence-corrected chi connectivity index (χ2v) is 3.73. The fraction of sp³-hybridized carbons (Fsp3) is 0.750. The Morgan fingerprint density at radius 3 is 2.31 bits per heavy atom. The second kappa shape index (κ2) is 2.21. The predicted molar refractivity (Wildman–Crippen MR) is 38.8 cm³/mol. The molecule has 2 aliphatic rings. The minimum atomic E-state index is -2.25. The molecule has 0 radical (unpaired) electrons. The summed E-state index contributed by atoms with van der Waals surface area (Å²) in [4.78, 5) is 21.1. The lowest BCUT2D eigenvalue weighted by atomic mass is 9.99. The molecule has 4 unspecified atom stereocenters. The van der Waals surface area contributed by atoms with Crippen molar-refractivity contribution in [2.24, 2.45) is 17.8 Å². The number of carbonyl (C=O) groups is 2. The van der Waals surface area contributed by atoms with Gasteiger partial charge in [-0.05, 0) is 12.8 Å². The number of fused-ring (bicyclic) bond motifs is 1. The number of carboxylic acids is 2. The van der Waals surface area contributed by atoms with E-state index in [1.54, 1.807) is 0 Å². The maximum atomic E-state index is 13.5. The van der Waals surface area contributed by atoms with Crippen LogP contribution in [0.1, 0.15) is 12.8 Å². The van der Waals surface area contributed by atoms with E-state index in [1.165, 1.54) is 0 Å². The molecule has 0 heterocycles. The molecule has 0 spiro atoms. The van der Waals surface area contributed by atoms with E-state index in [4.69, 9.17) is 10.2 Å². The third-order valence-corrected chi connectivity index (χ3v) is 3.22. The van der Waals surface area contributed by atoms with E-state index in [-0.39, 0.29) is 0 Å². The number of hydrogen-bond acceptors (Lipinski definition) is 2. The van der Waals surface area contributed by atoms with E-state index in [0.29, 0.717) is 12.8 Å². The highest BCUT2D eigenvalue weighted by molar-refractivity contribution is 5.86. The Labute approximate surface area is 73.4 Å². The van der Waals surface area contributed by atoms with E-state index in [0.717, 1.165) is 0 Å². The first-order valence-electron chi connectivity index (χ1n) is 4.14. The van der Waals surface area contributed by atoms with Crippen molar-refractivity contribution >= 4 is 11.9 Å². The van der Waals surface area contributed by atoms with Crippen molar-refractivity contribution in [3.05, 3.63) is 0 Å². The summed E-state index contributed by atoms with van der Waals surface area (Å²) in [6.07, 6.45) is 0.786. The van der Waals surface area contributed by atoms with E-state index < -0.39 is 35.4 Å². The minimum Gasteiger partial charge on any atom is -0.481 e. The molecule has 2 aliphatic carbocycles. The fourth-order valence-electron chi connectivity index (χ4n) is 2.53. The lowest BCUT2D eigenvalue weighted by Gasteiger charge is -2.10.